The molecule has 42 heavy (non-hydrogen) atoms. The van der Waals surface area contributed by atoms with Crippen LogP contribution < -0.4 is 0 Å². The summed E-state index contributed by atoms with van der Waals surface area (Å²) < 4.78 is 26.0. The Kier molecular flexibility index (Phi) is 24.2. The predicted molar refractivity (Wildman–Crippen MR) is 156 cm³/mol. The van der Waals surface area contributed by atoms with Crippen LogP contribution in [0.25, 0.3) is 0 Å². The van der Waals surface area contributed by atoms with Crippen LogP contribution in [0.4, 0.5) is 0 Å². The van der Waals surface area contributed by atoms with Crippen molar-refractivity contribution in [3.63, 3.8) is 0 Å². The molecule has 0 heterocycles. The third-order valence-electron chi connectivity index (χ3n) is 5.56. The quantitative estimate of drug-likeness (QED) is 0.105. The van der Waals surface area contributed by atoms with Gasteiger partial charge in [0.2, 0.25) is 0 Å². The fraction of sp³-hybridized carbons (Fsp3) is 0.828. The molecule has 0 saturated heterocycles. The molecular formula is C29H53N3O10. The van der Waals surface area contributed by atoms with E-state index in [1.165, 1.54) is 0 Å². The van der Waals surface area contributed by atoms with Gasteiger partial charge >= 0.3 is 29.8 Å². The molecule has 0 spiro atoms. The SMILES string of the molecule is CCCOC(=O)CN(CCN(CC(=O)OCCC)CC(=O)OCCC)CCN(CC(=O)OCCC)CC(=O)OCCC. The van der Waals surface area contributed by atoms with E-state index >= 15 is 0 Å². The van der Waals surface area contributed by atoms with Crippen molar-refractivity contribution in [3.8, 4) is 0 Å². The first kappa shape index (κ1) is 39.2. The second-order valence-corrected chi connectivity index (χ2v) is 9.80. The lowest BCUT2D eigenvalue weighted by atomic mass is 10.3. The summed E-state index contributed by atoms with van der Waals surface area (Å²) in [5.74, 6) is -2.27. The van der Waals surface area contributed by atoms with Gasteiger partial charge in [0.05, 0.1) is 65.8 Å². The molecule has 0 atom stereocenters. The number of rotatable bonds is 26. The summed E-state index contributed by atoms with van der Waals surface area (Å²) in [5.41, 5.74) is 0. The van der Waals surface area contributed by atoms with E-state index < -0.39 is 29.8 Å². The normalized spacial score (nSPS) is 11.0. The van der Waals surface area contributed by atoms with Crippen molar-refractivity contribution in [2.45, 2.75) is 66.7 Å². The molecule has 0 bridgehead atoms. The van der Waals surface area contributed by atoms with E-state index in [0.717, 1.165) is 0 Å². The molecule has 0 aromatic heterocycles. The summed E-state index contributed by atoms with van der Waals surface area (Å²) in [5, 5.41) is 0. The Morgan fingerprint density at radius 1 is 0.357 bits per heavy atom. The molecule has 0 N–H and O–H groups in total. The van der Waals surface area contributed by atoms with Gasteiger partial charge in [0.1, 0.15) is 0 Å². The van der Waals surface area contributed by atoms with Gasteiger partial charge in [0.25, 0.3) is 0 Å². The standard InChI is InChI=1S/C29H53N3O10/c1-6-15-38-25(33)20-30(11-13-31(21-26(34)39-16-7-2)22-27(35)40-17-8-3)12-14-32(23-28(36)41-18-9-4)24-29(37)42-19-10-5/h6-24H2,1-5H3. The number of carbonyl (C=O) groups is 5. The predicted octanol–water partition coefficient (Wildman–Crippen LogP) is 1.66. The highest BCUT2D eigenvalue weighted by molar-refractivity contribution is 5.75. The van der Waals surface area contributed by atoms with E-state index in [1.807, 2.05) is 34.6 Å². The largest absolute Gasteiger partial charge is 0.465 e. The zero-order valence-electron chi connectivity index (χ0n) is 26.4. The van der Waals surface area contributed by atoms with E-state index in [-0.39, 0.29) is 91.9 Å². The minimum Gasteiger partial charge on any atom is -0.465 e. The van der Waals surface area contributed by atoms with Crippen molar-refractivity contribution < 1.29 is 47.7 Å². The molecule has 0 unspecified atom stereocenters. The van der Waals surface area contributed by atoms with Crippen molar-refractivity contribution in [3.05, 3.63) is 0 Å². The lowest BCUT2D eigenvalue weighted by molar-refractivity contribution is -0.150. The molecule has 13 nitrogen and oxygen atoms in total. The van der Waals surface area contributed by atoms with Crippen molar-refractivity contribution in [1.29, 1.82) is 0 Å². The van der Waals surface area contributed by atoms with Gasteiger partial charge < -0.3 is 23.7 Å². The summed E-state index contributed by atoms with van der Waals surface area (Å²) >= 11 is 0. The minimum absolute atomic E-state index is 0.0528. The summed E-state index contributed by atoms with van der Waals surface area (Å²) in [6, 6.07) is 0. The number of hydrogen-bond donors (Lipinski definition) is 0. The van der Waals surface area contributed by atoms with Gasteiger partial charge in [0, 0.05) is 26.2 Å². The molecule has 244 valence electrons. The summed E-state index contributed by atoms with van der Waals surface area (Å²) in [7, 11) is 0. The third kappa shape index (κ3) is 21.9. The smallest absolute Gasteiger partial charge is 0.320 e. The summed E-state index contributed by atoms with van der Waals surface area (Å²) in [6.45, 7) is 11.4. The average molecular weight is 604 g/mol. The zero-order valence-corrected chi connectivity index (χ0v) is 26.4. The molecule has 0 radical (unpaired) electrons. The fourth-order valence-corrected chi connectivity index (χ4v) is 3.48. The van der Waals surface area contributed by atoms with E-state index in [1.54, 1.807) is 14.7 Å². The first-order chi connectivity index (χ1) is 20.2. The Bertz CT molecular complexity index is 685. The zero-order chi connectivity index (χ0) is 31.6. The number of esters is 5. The summed E-state index contributed by atoms with van der Waals surface area (Å²) in [4.78, 5) is 66.8. The number of ether oxygens (including phenoxy) is 5. The Morgan fingerprint density at radius 3 is 0.762 bits per heavy atom. The highest BCUT2D eigenvalue weighted by atomic mass is 16.5. The van der Waals surface area contributed by atoms with Gasteiger partial charge in [-0.1, -0.05) is 34.6 Å². The van der Waals surface area contributed by atoms with Crippen molar-refractivity contribution >= 4 is 29.8 Å². The Labute approximate surface area is 251 Å². The topological polar surface area (TPSA) is 141 Å². The van der Waals surface area contributed by atoms with Crippen LogP contribution in [0.5, 0.6) is 0 Å². The summed E-state index contributed by atoms with van der Waals surface area (Å²) in [6.07, 6.45) is 3.37. The maximum absolute atomic E-state index is 12.5. The van der Waals surface area contributed by atoms with Gasteiger partial charge in [-0.15, -0.1) is 0 Å². The Morgan fingerprint density at radius 2 is 0.548 bits per heavy atom. The molecule has 0 aliphatic carbocycles. The van der Waals surface area contributed by atoms with E-state index in [9.17, 15) is 24.0 Å². The number of carbonyl (C=O) groups excluding carboxylic acids is 5. The van der Waals surface area contributed by atoms with Crippen LogP contribution >= 0.6 is 0 Å². The van der Waals surface area contributed by atoms with Gasteiger partial charge in [-0.2, -0.15) is 0 Å². The molecule has 0 aromatic carbocycles. The lowest BCUT2D eigenvalue weighted by Crippen LogP contribution is -2.46. The molecule has 13 heteroatoms. The first-order valence-corrected chi connectivity index (χ1v) is 15.1. The van der Waals surface area contributed by atoms with Crippen LogP contribution in [0, 0.1) is 0 Å². The number of hydrogen-bond acceptors (Lipinski definition) is 13. The Hall–Kier alpha value is -2.77. The van der Waals surface area contributed by atoms with Crippen LogP contribution in [-0.2, 0) is 47.7 Å². The van der Waals surface area contributed by atoms with Crippen LogP contribution in [0.1, 0.15) is 66.7 Å². The van der Waals surface area contributed by atoms with Gasteiger partial charge in [0.15, 0.2) is 0 Å². The fourth-order valence-electron chi connectivity index (χ4n) is 3.48. The molecule has 0 fully saturated rings. The average Bonchev–Trinajstić information content (AvgIpc) is 2.96. The highest BCUT2D eigenvalue weighted by Gasteiger charge is 2.22. The monoisotopic (exact) mass is 603 g/mol. The molecule has 0 aromatic rings. The van der Waals surface area contributed by atoms with Crippen LogP contribution in [0.3, 0.4) is 0 Å². The Balaban J connectivity index is 5.58. The highest BCUT2D eigenvalue weighted by Crippen LogP contribution is 2.01. The second-order valence-electron chi connectivity index (χ2n) is 9.80. The lowest BCUT2D eigenvalue weighted by Gasteiger charge is -2.28. The molecular weight excluding hydrogens is 550 g/mol. The van der Waals surface area contributed by atoms with Gasteiger partial charge in [-0.05, 0) is 32.1 Å². The molecule has 0 aliphatic heterocycles. The van der Waals surface area contributed by atoms with Crippen molar-refractivity contribution in [2.24, 2.45) is 0 Å². The van der Waals surface area contributed by atoms with Crippen molar-refractivity contribution in [2.75, 3.05) is 91.9 Å². The molecule has 0 saturated carbocycles. The van der Waals surface area contributed by atoms with Gasteiger partial charge in [-0.25, -0.2) is 0 Å². The van der Waals surface area contributed by atoms with Gasteiger partial charge in [-0.3, -0.25) is 38.7 Å². The van der Waals surface area contributed by atoms with Crippen LogP contribution in [0.15, 0.2) is 0 Å². The van der Waals surface area contributed by atoms with E-state index in [0.29, 0.717) is 32.1 Å². The van der Waals surface area contributed by atoms with E-state index in [2.05, 4.69) is 0 Å². The van der Waals surface area contributed by atoms with Crippen LogP contribution in [0.2, 0.25) is 0 Å². The number of nitrogens with zero attached hydrogens (tertiary/aromatic N) is 3. The van der Waals surface area contributed by atoms with E-state index in [4.69, 9.17) is 23.7 Å². The van der Waals surface area contributed by atoms with Crippen LogP contribution in [-0.4, -0.2) is 136 Å². The third-order valence-corrected chi connectivity index (χ3v) is 5.56. The van der Waals surface area contributed by atoms with Crippen molar-refractivity contribution in [1.82, 2.24) is 14.7 Å². The molecule has 0 aliphatic rings. The molecule has 0 rings (SSSR count). The maximum atomic E-state index is 12.5. The molecule has 0 amide bonds. The minimum atomic E-state index is -0.462. The maximum Gasteiger partial charge on any atom is 0.320 e. The second kappa shape index (κ2) is 25.9. The first-order valence-electron chi connectivity index (χ1n) is 15.1.